The van der Waals surface area contributed by atoms with E-state index in [1.165, 1.54) is 6.42 Å². The first-order valence-corrected chi connectivity index (χ1v) is 5.33. The average molecular weight is 210 g/mol. The molecular weight excluding hydrogens is 198 g/mol. The minimum atomic E-state index is 0.590. The molecule has 0 radical (unpaired) electrons. The zero-order valence-electron chi connectivity index (χ0n) is 7.78. The number of hydrogen-bond donors (Lipinski definition) is 1. The summed E-state index contributed by atoms with van der Waals surface area (Å²) in [4.78, 5) is 6.67. The monoisotopic (exact) mass is 209 g/mol. The Kier molecular flexibility index (Phi) is 1.89. The fourth-order valence-corrected chi connectivity index (χ4v) is 2.64. The molecule has 1 aromatic rings. The molecule has 0 spiro atoms. The molecule has 1 N–H and O–H groups in total. The summed E-state index contributed by atoms with van der Waals surface area (Å²) in [5, 5.41) is 4.23. The number of halogens is 1. The SMILES string of the molecule is Clc1cccnc1N1CC2CC1CN2. The molecule has 2 aliphatic heterocycles. The second-order valence-electron chi connectivity index (χ2n) is 3.96. The number of nitrogens with zero attached hydrogens (tertiary/aromatic N) is 2. The molecule has 0 saturated carbocycles. The van der Waals surface area contributed by atoms with Crippen molar-refractivity contribution in [3.05, 3.63) is 23.4 Å². The first-order chi connectivity index (χ1) is 6.84. The van der Waals surface area contributed by atoms with Crippen LogP contribution in [0.25, 0.3) is 0 Å². The number of rotatable bonds is 1. The summed E-state index contributed by atoms with van der Waals surface area (Å²) < 4.78 is 0. The summed E-state index contributed by atoms with van der Waals surface area (Å²) in [6.07, 6.45) is 3.04. The molecule has 0 amide bonds. The van der Waals surface area contributed by atoms with E-state index in [0.717, 1.165) is 23.9 Å². The van der Waals surface area contributed by atoms with Gasteiger partial charge in [0, 0.05) is 31.4 Å². The van der Waals surface area contributed by atoms with E-state index in [1.54, 1.807) is 6.20 Å². The summed E-state index contributed by atoms with van der Waals surface area (Å²) in [6.45, 7) is 2.11. The molecule has 2 saturated heterocycles. The zero-order valence-corrected chi connectivity index (χ0v) is 8.54. The fraction of sp³-hybridized carbons (Fsp3) is 0.500. The Morgan fingerprint density at radius 2 is 2.50 bits per heavy atom. The van der Waals surface area contributed by atoms with Crippen molar-refractivity contribution in [2.45, 2.75) is 18.5 Å². The summed E-state index contributed by atoms with van der Waals surface area (Å²) in [5.74, 6) is 0.947. The van der Waals surface area contributed by atoms with E-state index >= 15 is 0 Å². The number of nitrogens with one attached hydrogen (secondary N) is 1. The summed E-state index contributed by atoms with van der Waals surface area (Å²) in [5.41, 5.74) is 0. The average Bonchev–Trinajstić information content (AvgIpc) is 2.79. The van der Waals surface area contributed by atoms with E-state index in [-0.39, 0.29) is 0 Å². The molecule has 2 unspecified atom stereocenters. The highest BCUT2D eigenvalue weighted by Crippen LogP contribution is 2.31. The topological polar surface area (TPSA) is 28.2 Å². The Morgan fingerprint density at radius 1 is 1.57 bits per heavy atom. The van der Waals surface area contributed by atoms with Gasteiger partial charge in [0.2, 0.25) is 0 Å². The molecule has 2 aliphatic rings. The smallest absolute Gasteiger partial charge is 0.147 e. The van der Waals surface area contributed by atoms with Crippen LogP contribution in [0.2, 0.25) is 5.02 Å². The van der Waals surface area contributed by atoms with Crippen LogP contribution in [0.5, 0.6) is 0 Å². The van der Waals surface area contributed by atoms with Gasteiger partial charge >= 0.3 is 0 Å². The van der Waals surface area contributed by atoms with Gasteiger partial charge in [-0.2, -0.15) is 0 Å². The number of aromatic nitrogens is 1. The van der Waals surface area contributed by atoms with Crippen LogP contribution in [0.15, 0.2) is 18.3 Å². The normalized spacial score (nSPS) is 29.9. The molecule has 0 aliphatic carbocycles. The molecule has 14 heavy (non-hydrogen) atoms. The molecule has 2 fully saturated rings. The predicted molar refractivity (Wildman–Crippen MR) is 56.8 cm³/mol. The lowest BCUT2D eigenvalue weighted by molar-refractivity contribution is 0.576. The van der Waals surface area contributed by atoms with Gasteiger partial charge in [0.05, 0.1) is 5.02 Å². The van der Waals surface area contributed by atoms with Crippen LogP contribution in [0, 0.1) is 0 Å². The van der Waals surface area contributed by atoms with Crippen LogP contribution in [-0.2, 0) is 0 Å². The largest absolute Gasteiger partial charge is 0.349 e. The third kappa shape index (κ3) is 1.20. The lowest BCUT2D eigenvalue weighted by Gasteiger charge is -2.28. The second kappa shape index (κ2) is 3.11. The van der Waals surface area contributed by atoms with Gasteiger partial charge in [-0.15, -0.1) is 0 Å². The fourth-order valence-electron chi connectivity index (χ4n) is 2.41. The van der Waals surface area contributed by atoms with Crippen molar-refractivity contribution in [1.82, 2.24) is 10.3 Å². The second-order valence-corrected chi connectivity index (χ2v) is 4.36. The number of anilines is 1. The predicted octanol–water partition coefficient (Wildman–Crippen LogP) is 1.29. The van der Waals surface area contributed by atoms with Crippen LogP contribution in [0.4, 0.5) is 5.82 Å². The minimum absolute atomic E-state index is 0.590. The van der Waals surface area contributed by atoms with Crippen molar-refractivity contribution in [1.29, 1.82) is 0 Å². The van der Waals surface area contributed by atoms with Crippen LogP contribution < -0.4 is 10.2 Å². The van der Waals surface area contributed by atoms with Gasteiger partial charge in [-0.3, -0.25) is 0 Å². The highest BCUT2D eigenvalue weighted by molar-refractivity contribution is 6.32. The highest BCUT2D eigenvalue weighted by Gasteiger charge is 2.38. The van der Waals surface area contributed by atoms with E-state index < -0.39 is 0 Å². The standard InChI is InChI=1S/C10H12ClN3/c11-9-2-1-3-12-10(9)14-6-7-4-8(14)5-13-7/h1-3,7-8,13H,4-6H2. The summed E-state index contributed by atoms with van der Waals surface area (Å²) >= 11 is 6.12. The van der Waals surface area contributed by atoms with Crippen molar-refractivity contribution in [3.63, 3.8) is 0 Å². The lowest BCUT2D eigenvalue weighted by atomic mass is 10.2. The third-order valence-corrected chi connectivity index (χ3v) is 3.36. The summed E-state index contributed by atoms with van der Waals surface area (Å²) in [7, 11) is 0. The minimum Gasteiger partial charge on any atom is -0.349 e. The molecule has 2 atom stereocenters. The Balaban J connectivity index is 1.93. The quantitative estimate of drug-likeness (QED) is 0.756. The van der Waals surface area contributed by atoms with Crippen molar-refractivity contribution in [2.24, 2.45) is 0 Å². The van der Waals surface area contributed by atoms with E-state index in [9.17, 15) is 0 Å². The van der Waals surface area contributed by atoms with Gasteiger partial charge in [0.1, 0.15) is 5.82 Å². The Morgan fingerprint density at radius 3 is 3.14 bits per heavy atom. The van der Waals surface area contributed by atoms with Gasteiger partial charge < -0.3 is 10.2 Å². The molecule has 3 nitrogen and oxygen atoms in total. The lowest BCUT2D eigenvalue weighted by Crippen LogP contribution is -2.44. The van der Waals surface area contributed by atoms with Crippen molar-refractivity contribution in [2.75, 3.05) is 18.0 Å². The maximum atomic E-state index is 6.12. The molecule has 4 heteroatoms. The van der Waals surface area contributed by atoms with Crippen molar-refractivity contribution >= 4 is 17.4 Å². The molecule has 0 aromatic carbocycles. The third-order valence-electron chi connectivity index (χ3n) is 3.07. The number of piperazine rings is 1. The maximum Gasteiger partial charge on any atom is 0.147 e. The Hall–Kier alpha value is -0.800. The molecule has 2 bridgehead atoms. The molecule has 3 heterocycles. The van der Waals surface area contributed by atoms with Gasteiger partial charge in [-0.25, -0.2) is 4.98 Å². The first-order valence-electron chi connectivity index (χ1n) is 4.95. The van der Waals surface area contributed by atoms with Gasteiger partial charge in [-0.1, -0.05) is 11.6 Å². The number of fused-ring (bicyclic) bond motifs is 2. The highest BCUT2D eigenvalue weighted by atomic mass is 35.5. The first kappa shape index (κ1) is 8.50. The molecule has 1 aromatic heterocycles. The van der Waals surface area contributed by atoms with E-state index in [1.807, 2.05) is 12.1 Å². The number of pyridine rings is 1. The van der Waals surface area contributed by atoms with E-state index in [2.05, 4.69) is 15.2 Å². The summed E-state index contributed by atoms with van der Waals surface area (Å²) in [6, 6.07) is 5.01. The van der Waals surface area contributed by atoms with E-state index in [0.29, 0.717) is 12.1 Å². The van der Waals surface area contributed by atoms with Crippen molar-refractivity contribution in [3.8, 4) is 0 Å². The van der Waals surface area contributed by atoms with Crippen LogP contribution >= 0.6 is 11.6 Å². The van der Waals surface area contributed by atoms with Crippen LogP contribution in [-0.4, -0.2) is 30.2 Å². The molecule has 3 rings (SSSR count). The Bertz CT molecular complexity index is 355. The molecular formula is C10H12ClN3. The molecule has 74 valence electrons. The number of hydrogen-bond acceptors (Lipinski definition) is 3. The Labute approximate surface area is 88.1 Å². The van der Waals surface area contributed by atoms with Crippen molar-refractivity contribution < 1.29 is 0 Å². The van der Waals surface area contributed by atoms with Gasteiger partial charge in [0.25, 0.3) is 0 Å². The van der Waals surface area contributed by atoms with Crippen LogP contribution in [0.3, 0.4) is 0 Å². The van der Waals surface area contributed by atoms with Crippen LogP contribution in [0.1, 0.15) is 6.42 Å². The maximum absolute atomic E-state index is 6.12. The zero-order chi connectivity index (χ0) is 9.54. The van der Waals surface area contributed by atoms with Gasteiger partial charge in [0.15, 0.2) is 0 Å². The van der Waals surface area contributed by atoms with E-state index in [4.69, 9.17) is 11.6 Å². The van der Waals surface area contributed by atoms with Gasteiger partial charge in [-0.05, 0) is 18.6 Å².